The molecule has 0 bridgehead atoms. The van der Waals surface area contributed by atoms with Crippen LogP contribution >= 0.6 is 0 Å². The number of carbonyl (C=O) groups is 1. The molecule has 1 aliphatic carbocycles. The summed E-state index contributed by atoms with van der Waals surface area (Å²) in [7, 11) is 0. The molecule has 0 spiro atoms. The van der Waals surface area contributed by atoms with Gasteiger partial charge in [0.25, 0.3) is 0 Å². The second-order valence-corrected chi connectivity index (χ2v) is 1.77. The van der Waals surface area contributed by atoms with Crippen LogP contribution in [0.3, 0.4) is 0 Å². The Kier molecular flexibility index (Phi) is 13.3. The Hall–Kier alpha value is 0.933. The molecule has 0 aromatic rings. The van der Waals surface area contributed by atoms with Gasteiger partial charge in [0, 0.05) is 0 Å². The summed E-state index contributed by atoms with van der Waals surface area (Å²) in [6.07, 6.45) is 4.87. The third-order valence-electron chi connectivity index (χ3n) is 1.14. The molecule has 0 aromatic carbocycles. The van der Waals surface area contributed by atoms with E-state index in [1.54, 1.807) is 12.2 Å². The van der Waals surface area contributed by atoms with Crippen molar-refractivity contribution in [2.24, 2.45) is 0 Å². The van der Waals surface area contributed by atoms with E-state index in [2.05, 4.69) is 6.58 Å². The van der Waals surface area contributed by atoms with Crippen LogP contribution in [0.4, 0.5) is 0 Å². The average molecular weight is 223 g/mol. The summed E-state index contributed by atoms with van der Waals surface area (Å²) in [5.74, 6) is -0.912. The first-order valence-electron chi connectivity index (χ1n) is 2.53. The van der Waals surface area contributed by atoms with Crippen molar-refractivity contribution in [3.8, 4) is 0 Å². The van der Waals surface area contributed by atoms with Gasteiger partial charge in [0.15, 0.2) is 0 Å². The third kappa shape index (κ3) is 4.84. The zero-order valence-electron chi connectivity index (χ0n) is 4.79. The van der Waals surface area contributed by atoms with Crippen molar-refractivity contribution in [3.05, 3.63) is 36.0 Å². The van der Waals surface area contributed by atoms with Gasteiger partial charge in [0.1, 0.15) is 0 Å². The van der Waals surface area contributed by atoms with Gasteiger partial charge in [-0.25, -0.2) is 4.79 Å². The van der Waals surface area contributed by atoms with Crippen LogP contribution < -0.4 is 0 Å². The Morgan fingerprint density at radius 2 is 2.00 bits per heavy atom. The first kappa shape index (κ1) is 18.7. The van der Waals surface area contributed by atoms with E-state index in [1.807, 2.05) is 0 Å². The first-order chi connectivity index (χ1) is 4.22. The van der Waals surface area contributed by atoms with Crippen molar-refractivity contribution in [2.45, 2.75) is 0 Å². The molecule has 0 aliphatic heterocycles. The van der Waals surface area contributed by atoms with Crippen molar-refractivity contribution < 1.29 is 9.90 Å². The van der Waals surface area contributed by atoms with Crippen molar-refractivity contribution in [2.75, 3.05) is 0 Å². The molecule has 0 fully saturated rings. The molecule has 1 N–H and O–H groups in total. The second-order valence-electron chi connectivity index (χ2n) is 1.77. The molecule has 1 aliphatic rings. The zero-order valence-corrected chi connectivity index (χ0v) is 4.79. The smallest absolute Gasteiger partial charge is 0.0149 e. The number of hydrogen-bond acceptors (Lipinski definition) is 1. The van der Waals surface area contributed by atoms with Crippen LogP contribution in [-0.2, 0) is 4.79 Å². The zero-order chi connectivity index (χ0) is 6.85. The second kappa shape index (κ2) is 8.53. The molecule has 5 heteroatoms. The van der Waals surface area contributed by atoms with Crippen molar-refractivity contribution in [3.63, 3.8) is 0 Å². The molecular formula is C7H14CaMgO2Si. The molecule has 0 saturated carbocycles. The van der Waals surface area contributed by atoms with Crippen molar-refractivity contribution in [1.29, 1.82) is 0 Å². The minimum Gasteiger partial charge on any atom is -0.0149 e. The van der Waals surface area contributed by atoms with E-state index in [9.17, 15) is 4.79 Å². The predicted octanol–water partition coefficient (Wildman–Crippen LogP) is -2.16. The van der Waals surface area contributed by atoms with E-state index in [-0.39, 0.29) is 77.3 Å². The van der Waals surface area contributed by atoms with Gasteiger partial charge < -0.3 is 5.11 Å². The van der Waals surface area contributed by atoms with E-state index in [0.717, 1.165) is 0 Å². The maximum atomic E-state index is 10.2. The Balaban J connectivity index is -0.000000270. The summed E-state index contributed by atoms with van der Waals surface area (Å²) >= 11 is 0. The van der Waals surface area contributed by atoms with Gasteiger partial charge in [0.2, 0.25) is 0 Å². The minimum absolute atomic E-state index is 0. The Morgan fingerprint density at radius 1 is 1.50 bits per heavy atom. The van der Waals surface area contributed by atoms with Gasteiger partial charge >= 0.3 is 66.8 Å². The molecule has 2 nitrogen and oxygen atoms in total. The first-order valence-corrected chi connectivity index (χ1v) is 2.53. The molecule has 0 radical (unpaired) electrons. The molecule has 0 heterocycles. The fraction of sp³-hybridized carbons (Fsp3) is 0. The Labute approximate surface area is 122 Å². The fourth-order valence-electron chi connectivity index (χ4n) is 0.666. The summed E-state index contributed by atoms with van der Waals surface area (Å²) < 4.78 is 0. The van der Waals surface area contributed by atoms with Crippen LogP contribution in [0, 0.1) is 0 Å². The molecule has 0 saturated heterocycles. The van der Waals surface area contributed by atoms with Crippen LogP contribution in [0.15, 0.2) is 36.0 Å². The number of rotatable bonds is 1. The van der Waals surface area contributed by atoms with Crippen LogP contribution in [-0.4, -0.2) is 82.8 Å². The van der Waals surface area contributed by atoms with Crippen LogP contribution in [0.25, 0.3) is 0 Å². The third-order valence-corrected chi connectivity index (χ3v) is 1.14. The van der Waals surface area contributed by atoms with E-state index in [4.69, 9.17) is 5.11 Å². The average Bonchev–Trinajstić information content (AvgIpc) is 2.13. The van der Waals surface area contributed by atoms with Gasteiger partial charge in [-0.15, -0.1) is 0 Å². The molecular weight excluding hydrogens is 209 g/mol. The van der Waals surface area contributed by atoms with E-state index in [1.165, 1.54) is 6.08 Å². The summed E-state index contributed by atoms with van der Waals surface area (Å²) in [5, 5.41) is 8.41. The number of aliphatic carboxylic acids is 1. The van der Waals surface area contributed by atoms with Gasteiger partial charge in [0.05, 0.1) is 5.57 Å². The van der Waals surface area contributed by atoms with Gasteiger partial charge in [-0.1, -0.05) is 18.7 Å². The number of hydrogen-bond donors (Lipinski definition) is 1. The quantitative estimate of drug-likeness (QED) is 0.514. The number of carboxylic acid groups (broad SMARTS) is 1. The fourth-order valence-corrected chi connectivity index (χ4v) is 0.666. The van der Waals surface area contributed by atoms with E-state index in [0.29, 0.717) is 5.57 Å². The number of allylic oxidation sites excluding steroid dienone is 3. The van der Waals surface area contributed by atoms with Crippen molar-refractivity contribution in [1.82, 2.24) is 0 Å². The van der Waals surface area contributed by atoms with E-state index < -0.39 is 5.97 Å². The summed E-state index contributed by atoms with van der Waals surface area (Å²) in [5.41, 5.74) is 0.859. The summed E-state index contributed by atoms with van der Waals surface area (Å²) in [6, 6.07) is 0. The maximum Gasteiger partial charge on any atom is 0.316 e. The van der Waals surface area contributed by atoms with Crippen LogP contribution in [0.2, 0.25) is 0 Å². The largest absolute Gasteiger partial charge is 0.316 e. The van der Waals surface area contributed by atoms with Crippen molar-refractivity contribution >= 4 is 77.7 Å². The molecule has 1 rings (SSSR count). The standard InChI is InChI=1S/C7H6O2.Ca.Mg.H4Si.4H/c1-5-3-2-4-6(5)7(8)9;;;;;;;/h2-4H,1H2,(H,8,9);;;1H4;;;;. The molecule has 0 amide bonds. The molecule has 12 heavy (non-hydrogen) atoms. The SMILES string of the molecule is C=C1C=CC=C1C(=O)O.[CaH2].[MgH2].[SiH4]. The van der Waals surface area contributed by atoms with E-state index >= 15 is 0 Å². The molecule has 0 atom stereocenters. The van der Waals surface area contributed by atoms with Gasteiger partial charge in [-0.05, 0) is 22.6 Å². The molecule has 0 unspecified atom stereocenters. The van der Waals surface area contributed by atoms with Crippen LogP contribution in [0.5, 0.6) is 0 Å². The predicted molar refractivity (Wildman–Crippen MR) is 62.4 cm³/mol. The normalized spacial score (nSPS) is 12.0. The minimum atomic E-state index is -0.912. The monoisotopic (exact) mass is 222 g/mol. The summed E-state index contributed by atoms with van der Waals surface area (Å²) in [4.78, 5) is 10.2. The summed E-state index contributed by atoms with van der Waals surface area (Å²) in [6.45, 7) is 3.52. The van der Waals surface area contributed by atoms with Crippen LogP contribution in [0.1, 0.15) is 0 Å². The Bertz CT molecular complexity index is 236. The number of carboxylic acids is 1. The Morgan fingerprint density at radius 3 is 2.17 bits per heavy atom. The van der Waals surface area contributed by atoms with Gasteiger partial charge in [-0.3, -0.25) is 0 Å². The maximum absolute atomic E-state index is 10.2. The molecule has 0 aromatic heterocycles. The molecule has 62 valence electrons. The topological polar surface area (TPSA) is 37.3 Å². The van der Waals surface area contributed by atoms with Gasteiger partial charge in [-0.2, -0.15) is 0 Å².